The molecule has 4 rings (SSSR count). The number of sulfonamides is 1. The van der Waals surface area contributed by atoms with Crippen molar-refractivity contribution in [3.05, 3.63) is 94.5 Å². The topological polar surface area (TPSA) is 75.7 Å². The highest BCUT2D eigenvalue weighted by atomic mass is 32.2. The molecule has 1 amide bonds. The van der Waals surface area contributed by atoms with Crippen molar-refractivity contribution in [1.82, 2.24) is 5.32 Å². The third-order valence-electron chi connectivity index (χ3n) is 6.35. The smallest absolute Gasteiger partial charge is 0.251 e. The summed E-state index contributed by atoms with van der Waals surface area (Å²) in [7, 11) is -3.51. The van der Waals surface area contributed by atoms with Gasteiger partial charge in [-0.2, -0.15) is 0 Å². The number of hydrogen-bond acceptors (Lipinski definition) is 4. The van der Waals surface area contributed by atoms with E-state index in [0.29, 0.717) is 23.6 Å². The van der Waals surface area contributed by atoms with Crippen molar-refractivity contribution in [2.45, 2.75) is 45.7 Å². The Morgan fingerprint density at radius 3 is 2.34 bits per heavy atom. The molecule has 1 atom stereocenters. The SMILES string of the molecule is CCOc1ccc(N(Cc2ccc(C(=O)N[C@@H](C)c3ccc4c(c3)CCC4)cc2)S(C)(=O)=O)cc1. The van der Waals surface area contributed by atoms with Crippen molar-refractivity contribution in [2.75, 3.05) is 17.2 Å². The van der Waals surface area contributed by atoms with Crippen LogP contribution in [-0.2, 0) is 29.4 Å². The van der Waals surface area contributed by atoms with Crippen molar-refractivity contribution < 1.29 is 17.9 Å². The Morgan fingerprint density at radius 2 is 1.69 bits per heavy atom. The second-order valence-electron chi connectivity index (χ2n) is 8.97. The first kappa shape index (κ1) is 24.8. The molecule has 1 aliphatic carbocycles. The molecule has 1 aliphatic rings. The number of amides is 1. The third-order valence-corrected chi connectivity index (χ3v) is 7.49. The molecular formula is C28H32N2O4S. The van der Waals surface area contributed by atoms with Crippen LogP contribution in [0.4, 0.5) is 5.69 Å². The molecule has 0 radical (unpaired) electrons. The molecule has 0 spiro atoms. The molecule has 0 heterocycles. The maximum atomic E-state index is 12.8. The molecule has 3 aromatic rings. The second-order valence-corrected chi connectivity index (χ2v) is 10.9. The molecule has 3 aromatic carbocycles. The first-order valence-electron chi connectivity index (χ1n) is 12.0. The Kier molecular flexibility index (Phi) is 7.45. The van der Waals surface area contributed by atoms with Gasteiger partial charge in [-0.1, -0.05) is 30.3 Å². The van der Waals surface area contributed by atoms with Gasteiger partial charge < -0.3 is 10.1 Å². The predicted molar refractivity (Wildman–Crippen MR) is 139 cm³/mol. The summed E-state index contributed by atoms with van der Waals surface area (Å²) in [4.78, 5) is 12.8. The van der Waals surface area contributed by atoms with Gasteiger partial charge >= 0.3 is 0 Å². The predicted octanol–water partition coefficient (Wildman–Crippen LogP) is 5.03. The van der Waals surface area contributed by atoms with E-state index in [9.17, 15) is 13.2 Å². The lowest BCUT2D eigenvalue weighted by Crippen LogP contribution is -2.29. The molecule has 0 aliphatic heterocycles. The quantitative estimate of drug-likeness (QED) is 0.455. The summed E-state index contributed by atoms with van der Waals surface area (Å²) in [5.74, 6) is 0.533. The van der Waals surface area contributed by atoms with Crippen LogP contribution in [0.25, 0.3) is 0 Å². The average Bonchev–Trinajstić information content (AvgIpc) is 3.31. The fraction of sp³-hybridized carbons (Fsp3) is 0.321. The van der Waals surface area contributed by atoms with E-state index >= 15 is 0 Å². The largest absolute Gasteiger partial charge is 0.494 e. The van der Waals surface area contributed by atoms with Gasteiger partial charge in [0.05, 0.1) is 31.1 Å². The molecule has 0 fully saturated rings. The summed E-state index contributed by atoms with van der Waals surface area (Å²) in [6.45, 7) is 4.60. The minimum atomic E-state index is -3.51. The Bertz CT molecular complexity index is 1290. The minimum absolute atomic E-state index is 0.103. The molecule has 0 unspecified atom stereocenters. The Hall–Kier alpha value is -3.32. The molecule has 0 saturated carbocycles. The zero-order valence-electron chi connectivity index (χ0n) is 20.5. The maximum absolute atomic E-state index is 12.8. The lowest BCUT2D eigenvalue weighted by atomic mass is 10.0. The van der Waals surface area contributed by atoms with Crippen LogP contribution in [0.5, 0.6) is 5.75 Å². The van der Waals surface area contributed by atoms with E-state index in [1.54, 1.807) is 48.5 Å². The number of aryl methyl sites for hydroxylation is 2. The number of nitrogens with zero attached hydrogens (tertiary/aromatic N) is 1. The molecule has 35 heavy (non-hydrogen) atoms. The van der Waals surface area contributed by atoms with Gasteiger partial charge in [-0.3, -0.25) is 9.10 Å². The highest BCUT2D eigenvalue weighted by molar-refractivity contribution is 7.92. The summed E-state index contributed by atoms with van der Waals surface area (Å²) >= 11 is 0. The van der Waals surface area contributed by atoms with Crippen LogP contribution in [0.1, 0.15) is 58.9 Å². The van der Waals surface area contributed by atoms with E-state index < -0.39 is 10.0 Å². The lowest BCUT2D eigenvalue weighted by molar-refractivity contribution is 0.0940. The van der Waals surface area contributed by atoms with Crippen molar-refractivity contribution in [1.29, 1.82) is 0 Å². The van der Waals surface area contributed by atoms with Crippen LogP contribution in [0.3, 0.4) is 0 Å². The first-order valence-corrected chi connectivity index (χ1v) is 13.8. The molecule has 0 aromatic heterocycles. The van der Waals surface area contributed by atoms with Crippen LogP contribution in [0.15, 0.2) is 66.7 Å². The number of nitrogens with one attached hydrogen (secondary N) is 1. The van der Waals surface area contributed by atoms with Gasteiger partial charge in [0.1, 0.15) is 5.75 Å². The van der Waals surface area contributed by atoms with E-state index in [1.165, 1.54) is 28.1 Å². The standard InChI is InChI=1S/C28H32N2O4S/c1-4-34-27-16-14-26(15-17-27)30(35(3,32)33)19-21-8-10-23(11-9-21)28(31)29-20(2)24-13-12-22-6-5-7-25(22)18-24/h8-18,20H,4-7,19H2,1-3H3,(H,29,31)/t20-/m0/s1. The number of rotatable bonds is 9. The van der Waals surface area contributed by atoms with Crippen LogP contribution in [0, 0.1) is 0 Å². The monoisotopic (exact) mass is 492 g/mol. The Morgan fingerprint density at radius 1 is 1.00 bits per heavy atom. The van der Waals surface area contributed by atoms with Crippen molar-refractivity contribution in [2.24, 2.45) is 0 Å². The van der Waals surface area contributed by atoms with Crippen LogP contribution < -0.4 is 14.4 Å². The Labute approximate surface area is 208 Å². The van der Waals surface area contributed by atoms with E-state index in [0.717, 1.165) is 24.0 Å². The number of carbonyl (C=O) groups excluding carboxylic acids is 1. The molecule has 7 heteroatoms. The van der Waals surface area contributed by atoms with E-state index in [1.807, 2.05) is 13.8 Å². The number of hydrogen-bond donors (Lipinski definition) is 1. The van der Waals surface area contributed by atoms with Gasteiger partial charge in [-0.25, -0.2) is 8.42 Å². The minimum Gasteiger partial charge on any atom is -0.494 e. The van der Waals surface area contributed by atoms with Crippen molar-refractivity contribution in [3.63, 3.8) is 0 Å². The van der Waals surface area contributed by atoms with Gasteiger partial charge in [0.25, 0.3) is 5.91 Å². The summed E-state index contributed by atoms with van der Waals surface area (Å²) in [5, 5.41) is 3.07. The van der Waals surface area contributed by atoms with Crippen molar-refractivity contribution in [3.8, 4) is 5.75 Å². The number of anilines is 1. The zero-order chi connectivity index (χ0) is 25.0. The van der Waals surface area contributed by atoms with Crippen LogP contribution in [0.2, 0.25) is 0 Å². The van der Waals surface area contributed by atoms with E-state index in [-0.39, 0.29) is 18.5 Å². The molecular weight excluding hydrogens is 460 g/mol. The number of benzene rings is 3. The van der Waals surface area contributed by atoms with Gasteiger partial charge in [0.15, 0.2) is 0 Å². The molecule has 184 valence electrons. The summed E-state index contributed by atoms with van der Waals surface area (Å²) < 4.78 is 31.7. The third kappa shape index (κ3) is 6.03. The maximum Gasteiger partial charge on any atom is 0.251 e. The molecule has 0 bridgehead atoms. The van der Waals surface area contributed by atoms with Gasteiger partial charge in [-0.15, -0.1) is 0 Å². The van der Waals surface area contributed by atoms with Gasteiger partial charge in [0, 0.05) is 5.56 Å². The summed E-state index contributed by atoms with van der Waals surface area (Å²) in [5.41, 5.74) is 5.78. The fourth-order valence-corrected chi connectivity index (χ4v) is 5.32. The second kappa shape index (κ2) is 10.5. The van der Waals surface area contributed by atoms with Crippen LogP contribution in [-0.4, -0.2) is 27.2 Å². The molecule has 1 N–H and O–H groups in total. The van der Waals surface area contributed by atoms with E-state index in [4.69, 9.17) is 4.74 Å². The van der Waals surface area contributed by atoms with Crippen LogP contribution >= 0.6 is 0 Å². The number of fused-ring (bicyclic) bond motifs is 1. The highest BCUT2D eigenvalue weighted by Crippen LogP contribution is 2.26. The van der Waals surface area contributed by atoms with Gasteiger partial charge in [-0.05, 0) is 91.8 Å². The Balaban J connectivity index is 1.43. The molecule has 0 saturated heterocycles. The first-order chi connectivity index (χ1) is 16.7. The molecule has 6 nitrogen and oxygen atoms in total. The fourth-order valence-electron chi connectivity index (χ4n) is 4.43. The number of carbonyl (C=O) groups is 1. The average molecular weight is 493 g/mol. The van der Waals surface area contributed by atoms with Gasteiger partial charge in [0.2, 0.25) is 10.0 Å². The highest BCUT2D eigenvalue weighted by Gasteiger charge is 2.19. The summed E-state index contributed by atoms with van der Waals surface area (Å²) in [6, 6.07) is 20.4. The zero-order valence-corrected chi connectivity index (χ0v) is 21.3. The number of ether oxygens (including phenoxy) is 1. The lowest BCUT2D eigenvalue weighted by Gasteiger charge is -2.23. The van der Waals surface area contributed by atoms with E-state index in [2.05, 4.69) is 23.5 Å². The van der Waals surface area contributed by atoms with Crippen molar-refractivity contribution >= 4 is 21.6 Å². The summed E-state index contributed by atoms with van der Waals surface area (Å²) in [6.07, 6.45) is 4.62. The normalized spacial score (nSPS) is 13.7.